The van der Waals surface area contributed by atoms with E-state index < -0.39 is 0 Å². The van der Waals surface area contributed by atoms with Crippen molar-refractivity contribution >= 4 is 40.4 Å². The predicted octanol–water partition coefficient (Wildman–Crippen LogP) is 3.34. The van der Waals surface area contributed by atoms with Crippen LogP contribution in [0, 0.1) is 0 Å². The van der Waals surface area contributed by atoms with E-state index in [1.165, 1.54) is 16.8 Å². The number of nitrogens with zero attached hydrogens (tertiary/aromatic N) is 2. The first-order valence-corrected chi connectivity index (χ1v) is 9.06. The van der Waals surface area contributed by atoms with Crippen molar-refractivity contribution in [3.05, 3.63) is 60.2 Å². The molecule has 0 bridgehead atoms. The summed E-state index contributed by atoms with van der Waals surface area (Å²) in [5.74, 6) is 1.78. The summed E-state index contributed by atoms with van der Waals surface area (Å²) in [5.41, 5.74) is 0.828. The second kappa shape index (κ2) is 8.64. The van der Waals surface area contributed by atoms with Crippen molar-refractivity contribution in [2.24, 2.45) is 5.10 Å². The molecule has 25 heavy (non-hydrogen) atoms. The van der Waals surface area contributed by atoms with Crippen molar-refractivity contribution in [3.8, 4) is 11.5 Å². The number of hydrogen-bond donors (Lipinski definition) is 0. The molecular formula is C18H16N2O3S2. The predicted molar refractivity (Wildman–Crippen MR) is 103 cm³/mol. The summed E-state index contributed by atoms with van der Waals surface area (Å²) < 4.78 is 11.7. The monoisotopic (exact) mass is 372 g/mol. The third kappa shape index (κ3) is 5.04. The van der Waals surface area contributed by atoms with Crippen LogP contribution in [0.15, 0.2) is 59.7 Å². The Morgan fingerprint density at radius 3 is 2.52 bits per heavy atom. The summed E-state index contributed by atoms with van der Waals surface area (Å²) in [6.07, 6.45) is 1.60. The number of carbonyl (C=O) groups excluding carboxylic acids is 1. The minimum absolute atomic E-state index is 0.100. The Morgan fingerprint density at radius 2 is 1.80 bits per heavy atom. The molecular weight excluding hydrogens is 356 g/mol. The SMILES string of the molecule is O=C1CSC(=S)N1/N=C/c1cccc(OCCOc2ccccc2)c1. The van der Waals surface area contributed by atoms with Gasteiger partial charge in [0.05, 0.1) is 12.0 Å². The third-order valence-electron chi connectivity index (χ3n) is 3.27. The second-order valence-corrected chi connectivity index (χ2v) is 6.70. The molecule has 7 heteroatoms. The molecule has 1 aliphatic rings. The van der Waals surface area contributed by atoms with Crippen LogP contribution in [0.25, 0.3) is 0 Å². The molecule has 2 aromatic carbocycles. The lowest BCUT2D eigenvalue weighted by atomic mass is 10.2. The van der Waals surface area contributed by atoms with Gasteiger partial charge >= 0.3 is 0 Å². The normalized spacial score (nSPS) is 14.3. The summed E-state index contributed by atoms with van der Waals surface area (Å²) in [6, 6.07) is 17.1. The van der Waals surface area contributed by atoms with E-state index in [-0.39, 0.29) is 5.91 Å². The number of hydrogen-bond acceptors (Lipinski definition) is 6. The summed E-state index contributed by atoms with van der Waals surface area (Å²) in [4.78, 5) is 11.6. The number of hydrazone groups is 1. The Kier molecular flexibility index (Phi) is 6.03. The van der Waals surface area contributed by atoms with E-state index in [4.69, 9.17) is 21.7 Å². The van der Waals surface area contributed by atoms with E-state index in [0.29, 0.717) is 29.0 Å². The molecule has 0 spiro atoms. The van der Waals surface area contributed by atoms with Gasteiger partial charge in [-0.3, -0.25) is 4.79 Å². The molecule has 0 unspecified atom stereocenters. The van der Waals surface area contributed by atoms with Crippen LogP contribution in [-0.2, 0) is 4.79 Å². The molecule has 0 saturated carbocycles. The van der Waals surface area contributed by atoms with Crippen LogP contribution < -0.4 is 9.47 Å². The van der Waals surface area contributed by atoms with Crippen LogP contribution in [0.1, 0.15) is 5.56 Å². The second-order valence-electron chi connectivity index (χ2n) is 5.09. The van der Waals surface area contributed by atoms with Gasteiger partial charge in [-0.1, -0.05) is 54.3 Å². The van der Waals surface area contributed by atoms with Gasteiger partial charge in [-0.25, -0.2) is 0 Å². The fourth-order valence-corrected chi connectivity index (χ4v) is 3.07. The van der Waals surface area contributed by atoms with Crippen molar-refractivity contribution in [1.82, 2.24) is 5.01 Å². The fraction of sp³-hybridized carbons (Fsp3) is 0.167. The molecule has 1 saturated heterocycles. The van der Waals surface area contributed by atoms with E-state index in [1.54, 1.807) is 6.21 Å². The molecule has 2 aromatic rings. The molecule has 0 aromatic heterocycles. The molecule has 1 aliphatic heterocycles. The first kappa shape index (κ1) is 17.4. The van der Waals surface area contributed by atoms with Crippen molar-refractivity contribution < 1.29 is 14.3 Å². The van der Waals surface area contributed by atoms with Gasteiger partial charge in [0.25, 0.3) is 5.91 Å². The highest BCUT2D eigenvalue weighted by Crippen LogP contribution is 2.19. The number of thiocarbonyl (C=S) groups is 1. The smallest absolute Gasteiger partial charge is 0.259 e. The number of carbonyl (C=O) groups is 1. The molecule has 3 rings (SSSR count). The number of benzene rings is 2. The average molecular weight is 372 g/mol. The van der Waals surface area contributed by atoms with Crippen LogP contribution in [0.3, 0.4) is 0 Å². The molecule has 0 aliphatic carbocycles. The maximum atomic E-state index is 11.6. The van der Waals surface area contributed by atoms with Crippen molar-refractivity contribution in [2.75, 3.05) is 19.0 Å². The molecule has 128 valence electrons. The Balaban J connectivity index is 1.51. The van der Waals surface area contributed by atoms with Crippen molar-refractivity contribution in [3.63, 3.8) is 0 Å². The first-order chi connectivity index (χ1) is 12.2. The van der Waals surface area contributed by atoms with Gasteiger partial charge in [-0.2, -0.15) is 10.1 Å². The average Bonchev–Trinajstić information content (AvgIpc) is 2.96. The highest BCUT2D eigenvalue weighted by molar-refractivity contribution is 8.23. The molecule has 1 fully saturated rings. The molecule has 0 N–H and O–H groups in total. The lowest BCUT2D eigenvalue weighted by Gasteiger charge is -2.09. The van der Waals surface area contributed by atoms with Crippen LogP contribution in [0.2, 0.25) is 0 Å². The van der Waals surface area contributed by atoms with E-state index in [2.05, 4.69) is 5.10 Å². The third-order valence-corrected chi connectivity index (χ3v) is 4.61. The Morgan fingerprint density at radius 1 is 1.08 bits per heavy atom. The van der Waals surface area contributed by atoms with Crippen LogP contribution >= 0.6 is 24.0 Å². The maximum Gasteiger partial charge on any atom is 0.259 e. The lowest BCUT2D eigenvalue weighted by Crippen LogP contribution is -2.22. The molecule has 0 atom stereocenters. The van der Waals surface area contributed by atoms with Gasteiger partial charge in [-0.05, 0) is 29.8 Å². The summed E-state index contributed by atoms with van der Waals surface area (Å²) in [7, 11) is 0. The zero-order valence-corrected chi connectivity index (χ0v) is 15.0. The number of para-hydroxylation sites is 1. The van der Waals surface area contributed by atoms with Gasteiger partial charge < -0.3 is 9.47 Å². The minimum atomic E-state index is -0.100. The molecule has 1 amide bonds. The van der Waals surface area contributed by atoms with Crippen LogP contribution in [0.4, 0.5) is 0 Å². The highest BCUT2D eigenvalue weighted by atomic mass is 32.2. The Bertz CT molecular complexity index is 765. The molecule has 1 heterocycles. The number of amides is 1. The summed E-state index contributed by atoms with van der Waals surface area (Å²) in [5, 5.41) is 5.40. The Labute approximate surface area is 155 Å². The first-order valence-electron chi connectivity index (χ1n) is 7.67. The number of ether oxygens (including phenoxy) is 2. The summed E-state index contributed by atoms with van der Waals surface area (Å²) >= 11 is 6.40. The van der Waals surface area contributed by atoms with Crippen LogP contribution in [-0.4, -0.2) is 40.4 Å². The number of thioether (sulfide) groups is 1. The van der Waals surface area contributed by atoms with E-state index in [1.807, 2.05) is 54.6 Å². The van der Waals surface area contributed by atoms with E-state index in [9.17, 15) is 4.79 Å². The zero-order valence-electron chi connectivity index (χ0n) is 13.3. The number of rotatable bonds is 7. The van der Waals surface area contributed by atoms with Crippen molar-refractivity contribution in [1.29, 1.82) is 0 Å². The fourth-order valence-electron chi connectivity index (χ4n) is 2.10. The van der Waals surface area contributed by atoms with E-state index >= 15 is 0 Å². The lowest BCUT2D eigenvalue weighted by molar-refractivity contribution is -0.123. The van der Waals surface area contributed by atoms with Gasteiger partial charge in [0.15, 0.2) is 4.32 Å². The minimum Gasteiger partial charge on any atom is -0.490 e. The Hall–Kier alpha value is -2.38. The standard InChI is InChI=1S/C18H16N2O3S2/c21-17-13-25-18(24)20(17)19-12-14-5-4-8-16(11-14)23-10-9-22-15-6-2-1-3-7-15/h1-8,11-12H,9-10,13H2/b19-12+. The largest absolute Gasteiger partial charge is 0.490 e. The van der Waals surface area contributed by atoms with Crippen molar-refractivity contribution in [2.45, 2.75) is 0 Å². The van der Waals surface area contributed by atoms with Crippen LogP contribution in [0.5, 0.6) is 11.5 Å². The quantitative estimate of drug-likeness (QED) is 0.424. The molecule has 0 radical (unpaired) electrons. The van der Waals surface area contributed by atoms with Gasteiger partial charge in [-0.15, -0.1) is 0 Å². The van der Waals surface area contributed by atoms with Gasteiger partial charge in [0.1, 0.15) is 24.7 Å². The van der Waals surface area contributed by atoms with Gasteiger partial charge in [0, 0.05) is 0 Å². The summed E-state index contributed by atoms with van der Waals surface area (Å²) in [6.45, 7) is 0.886. The maximum absolute atomic E-state index is 11.6. The van der Waals surface area contributed by atoms with E-state index in [0.717, 1.165) is 11.3 Å². The molecule has 5 nitrogen and oxygen atoms in total. The highest BCUT2D eigenvalue weighted by Gasteiger charge is 2.25. The van der Waals surface area contributed by atoms with Gasteiger partial charge in [0.2, 0.25) is 0 Å². The topological polar surface area (TPSA) is 51.1 Å². The zero-order chi connectivity index (χ0) is 17.5.